The number of carbonyl (C=O) groups excluding carboxylic acids is 1. The first-order valence-corrected chi connectivity index (χ1v) is 8.19. The lowest BCUT2D eigenvalue weighted by molar-refractivity contribution is 0.0759. The Hall–Kier alpha value is -3.39. The van der Waals surface area contributed by atoms with E-state index in [-0.39, 0.29) is 18.7 Å². The van der Waals surface area contributed by atoms with Crippen LogP contribution in [0.5, 0.6) is 0 Å². The number of aromatic nitrogens is 1. The molecule has 0 bridgehead atoms. The number of hydrogen-bond donors (Lipinski definition) is 0. The molecular weight excluding hydrogens is 328 g/mol. The Labute approximate surface area is 151 Å². The molecule has 0 atom stereocenters. The van der Waals surface area contributed by atoms with Gasteiger partial charge in [-0.2, -0.15) is 0 Å². The first-order valence-electron chi connectivity index (χ1n) is 8.19. The molecule has 2 aromatic heterocycles. The first-order chi connectivity index (χ1) is 12.5. The fourth-order valence-electron chi connectivity index (χ4n) is 2.90. The van der Waals surface area contributed by atoms with Crippen molar-refractivity contribution in [3.05, 3.63) is 75.4 Å². The van der Waals surface area contributed by atoms with Crippen LogP contribution in [0.2, 0.25) is 0 Å². The Morgan fingerprint density at radius 3 is 2.69 bits per heavy atom. The van der Waals surface area contributed by atoms with Crippen LogP contribution in [0.4, 0.5) is 0 Å². The highest BCUT2D eigenvalue weighted by molar-refractivity contribution is 5.99. The Morgan fingerprint density at radius 1 is 1.19 bits per heavy atom. The molecule has 130 valence electrons. The maximum absolute atomic E-state index is 13.1. The normalized spacial score (nSPS) is 10.5. The summed E-state index contributed by atoms with van der Waals surface area (Å²) in [6.07, 6.45) is 5.43. The number of rotatable bonds is 4. The molecule has 1 amide bonds. The first kappa shape index (κ1) is 17.4. The number of terminal acetylenes is 1. The van der Waals surface area contributed by atoms with E-state index in [0.717, 1.165) is 11.1 Å². The van der Waals surface area contributed by atoms with Crippen molar-refractivity contribution in [1.82, 2.24) is 9.88 Å². The minimum Gasteiger partial charge on any atom is -0.422 e. The van der Waals surface area contributed by atoms with Gasteiger partial charge < -0.3 is 9.32 Å². The van der Waals surface area contributed by atoms with Gasteiger partial charge in [-0.3, -0.25) is 9.78 Å². The number of nitrogens with zero attached hydrogens (tertiary/aromatic N) is 2. The molecule has 0 unspecified atom stereocenters. The van der Waals surface area contributed by atoms with E-state index in [1.54, 1.807) is 19.1 Å². The molecule has 0 aliphatic heterocycles. The quantitative estimate of drug-likeness (QED) is 0.538. The average Bonchev–Trinajstić information content (AvgIpc) is 2.61. The van der Waals surface area contributed by atoms with Crippen LogP contribution in [-0.2, 0) is 6.54 Å². The molecule has 3 aromatic rings. The number of amides is 1. The maximum atomic E-state index is 13.1. The molecule has 0 aliphatic carbocycles. The predicted octanol–water partition coefficient (Wildman–Crippen LogP) is 3.08. The lowest BCUT2D eigenvalue weighted by Crippen LogP contribution is -2.35. The van der Waals surface area contributed by atoms with Crippen LogP contribution in [0.25, 0.3) is 11.0 Å². The zero-order chi connectivity index (χ0) is 18.7. The molecule has 0 aliphatic rings. The molecule has 0 radical (unpaired) electrons. The van der Waals surface area contributed by atoms with Gasteiger partial charge in [-0.05, 0) is 37.6 Å². The number of aryl methyl sites for hydroxylation is 2. The largest absolute Gasteiger partial charge is 0.422 e. The number of benzene rings is 1. The number of hydrogen-bond acceptors (Lipinski definition) is 4. The van der Waals surface area contributed by atoms with Crippen molar-refractivity contribution < 1.29 is 9.21 Å². The van der Waals surface area contributed by atoms with Gasteiger partial charge >= 0.3 is 5.63 Å². The summed E-state index contributed by atoms with van der Waals surface area (Å²) in [5, 5.41) is 0.727. The van der Waals surface area contributed by atoms with E-state index < -0.39 is 11.5 Å². The zero-order valence-electron chi connectivity index (χ0n) is 14.7. The third-order valence-electron chi connectivity index (χ3n) is 4.15. The predicted molar refractivity (Wildman–Crippen MR) is 99.8 cm³/mol. The van der Waals surface area contributed by atoms with Crippen LogP contribution in [0.3, 0.4) is 0 Å². The molecule has 0 spiro atoms. The Balaban J connectivity index is 2.04. The summed E-state index contributed by atoms with van der Waals surface area (Å²) < 4.78 is 5.32. The molecule has 0 saturated heterocycles. The maximum Gasteiger partial charge on any atom is 0.349 e. The van der Waals surface area contributed by atoms with Gasteiger partial charge in [0.1, 0.15) is 11.1 Å². The molecular formula is C21H18N2O3. The van der Waals surface area contributed by atoms with E-state index in [4.69, 9.17) is 10.8 Å². The smallest absolute Gasteiger partial charge is 0.349 e. The van der Waals surface area contributed by atoms with Crippen LogP contribution in [0, 0.1) is 26.2 Å². The fraction of sp³-hybridized carbons (Fsp3) is 0.190. The standard InChI is InChI=1S/C21H18N2O3/c1-4-12-23(13-16-9-7-8-14(2)22-16)20(24)19-15(3)17-10-5-6-11-18(17)26-21(19)25/h1,5-11H,12-13H2,2-3H3. The van der Waals surface area contributed by atoms with Gasteiger partial charge in [-0.15, -0.1) is 6.42 Å². The topological polar surface area (TPSA) is 63.4 Å². The van der Waals surface area contributed by atoms with Crippen LogP contribution in [0.1, 0.15) is 27.3 Å². The number of carbonyl (C=O) groups is 1. The van der Waals surface area contributed by atoms with Gasteiger partial charge in [0.25, 0.3) is 5.91 Å². The van der Waals surface area contributed by atoms with Crippen LogP contribution < -0.4 is 5.63 Å². The molecule has 3 rings (SSSR count). The van der Waals surface area contributed by atoms with Crippen LogP contribution in [-0.4, -0.2) is 22.3 Å². The summed E-state index contributed by atoms with van der Waals surface area (Å²) in [7, 11) is 0. The van der Waals surface area contributed by atoms with E-state index in [1.165, 1.54) is 4.90 Å². The van der Waals surface area contributed by atoms with E-state index in [1.807, 2.05) is 37.3 Å². The zero-order valence-corrected chi connectivity index (χ0v) is 14.7. The minimum atomic E-state index is -0.662. The molecule has 0 saturated carbocycles. The highest BCUT2D eigenvalue weighted by atomic mass is 16.4. The Morgan fingerprint density at radius 2 is 1.96 bits per heavy atom. The molecule has 0 N–H and O–H groups in total. The lowest BCUT2D eigenvalue weighted by atomic mass is 10.0. The highest BCUT2D eigenvalue weighted by Crippen LogP contribution is 2.20. The third-order valence-corrected chi connectivity index (χ3v) is 4.15. The second-order valence-corrected chi connectivity index (χ2v) is 6.02. The fourth-order valence-corrected chi connectivity index (χ4v) is 2.90. The van der Waals surface area contributed by atoms with Gasteiger partial charge in [0.2, 0.25) is 0 Å². The molecule has 2 heterocycles. The van der Waals surface area contributed by atoms with Crippen LogP contribution >= 0.6 is 0 Å². The summed E-state index contributed by atoms with van der Waals surface area (Å²) in [6.45, 7) is 3.90. The van der Waals surface area contributed by atoms with E-state index >= 15 is 0 Å². The van der Waals surface area contributed by atoms with Crippen LogP contribution in [0.15, 0.2) is 51.7 Å². The molecule has 5 heteroatoms. The van der Waals surface area contributed by atoms with E-state index in [9.17, 15) is 9.59 Å². The van der Waals surface area contributed by atoms with Crippen molar-refractivity contribution in [3.63, 3.8) is 0 Å². The average molecular weight is 346 g/mol. The van der Waals surface area contributed by atoms with Crippen molar-refractivity contribution in [2.45, 2.75) is 20.4 Å². The number of para-hydroxylation sites is 1. The van der Waals surface area contributed by atoms with Gasteiger partial charge in [0.15, 0.2) is 0 Å². The van der Waals surface area contributed by atoms with Crippen molar-refractivity contribution in [2.75, 3.05) is 6.54 Å². The second kappa shape index (κ2) is 7.24. The van der Waals surface area contributed by atoms with Gasteiger partial charge in [-0.25, -0.2) is 4.79 Å². The number of pyridine rings is 1. The minimum absolute atomic E-state index is 0.00611. The van der Waals surface area contributed by atoms with Gasteiger partial charge in [0.05, 0.1) is 18.8 Å². The number of fused-ring (bicyclic) bond motifs is 1. The molecule has 0 fully saturated rings. The molecule has 5 nitrogen and oxygen atoms in total. The summed E-state index contributed by atoms with van der Waals surface area (Å²) in [5.41, 5.74) is 1.93. The Bertz CT molecular complexity index is 1080. The van der Waals surface area contributed by atoms with Crippen molar-refractivity contribution in [1.29, 1.82) is 0 Å². The Kier molecular flexibility index (Phi) is 4.85. The molecule has 1 aromatic carbocycles. The van der Waals surface area contributed by atoms with Crippen molar-refractivity contribution >= 4 is 16.9 Å². The van der Waals surface area contributed by atoms with Crippen molar-refractivity contribution in [2.24, 2.45) is 0 Å². The van der Waals surface area contributed by atoms with E-state index in [2.05, 4.69) is 10.9 Å². The van der Waals surface area contributed by atoms with Crippen molar-refractivity contribution in [3.8, 4) is 12.3 Å². The monoisotopic (exact) mass is 346 g/mol. The second-order valence-electron chi connectivity index (χ2n) is 6.02. The summed E-state index contributed by atoms with van der Waals surface area (Å²) in [5.74, 6) is 2.02. The summed E-state index contributed by atoms with van der Waals surface area (Å²) >= 11 is 0. The third kappa shape index (κ3) is 3.35. The lowest BCUT2D eigenvalue weighted by Gasteiger charge is -2.20. The summed E-state index contributed by atoms with van der Waals surface area (Å²) in [4.78, 5) is 31.3. The molecule has 26 heavy (non-hydrogen) atoms. The van der Waals surface area contributed by atoms with E-state index in [0.29, 0.717) is 16.8 Å². The van der Waals surface area contributed by atoms with Gasteiger partial charge in [0, 0.05) is 11.1 Å². The summed E-state index contributed by atoms with van der Waals surface area (Å²) in [6, 6.07) is 12.7. The SMILES string of the molecule is C#CCN(Cc1cccc(C)n1)C(=O)c1c(C)c2ccccc2oc1=O. The van der Waals surface area contributed by atoms with Gasteiger partial charge in [-0.1, -0.05) is 30.2 Å². The highest BCUT2D eigenvalue weighted by Gasteiger charge is 2.23.